The average molecular weight is 316 g/mol. The lowest BCUT2D eigenvalue weighted by Gasteiger charge is -2.27. The highest BCUT2D eigenvalue weighted by atomic mass is 16.5. The minimum atomic E-state index is 0.550. The van der Waals surface area contributed by atoms with Gasteiger partial charge in [-0.1, -0.05) is 29.8 Å². The maximum Gasteiger partial charge on any atom is 0.128 e. The molecule has 0 atom stereocenters. The maximum absolute atomic E-state index is 9.20. The molecule has 0 spiro atoms. The summed E-state index contributed by atoms with van der Waals surface area (Å²) in [6.07, 6.45) is 2.17. The van der Waals surface area contributed by atoms with Crippen LogP contribution in [0.4, 0.5) is 0 Å². The van der Waals surface area contributed by atoms with Crippen LogP contribution in [0.3, 0.4) is 0 Å². The normalized spacial score (nSPS) is 17.3. The Morgan fingerprint density at radius 1 is 1.04 bits per heavy atom. The molecule has 4 rings (SSSR count). The maximum atomic E-state index is 9.20. The Morgan fingerprint density at radius 2 is 1.83 bits per heavy atom. The molecule has 2 aliphatic rings. The number of benzene rings is 2. The Kier molecular flexibility index (Phi) is 3.84. The third kappa shape index (κ3) is 2.60. The van der Waals surface area contributed by atoms with E-state index in [1.807, 2.05) is 12.1 Å². The second-order valence-electron chi connectivity index (χ2n) is 6.55. The number of likely N-dealkylation sites (tertiary alicyclic amines) is 1. The number of nitriles is 1. The van der Waals surface area contributed by atoms with E-state index in [1.54, 1.807) is 0 Å². The van der Waals surface area contributed by atoms with Crippen molar-refractivity contribution in [3.8, 4) is 11.8 Å². The first-order valence-corrected chi connectivity index (χ1v) is 8.42. The monoisotopic (exact) mass is 316 g/mol. The molecule has 3 heteroatoms. The molecule has 0 bridgehead atoms. The molecule has 120 valence electrons. The van der Waals surface area contributed by atoms with E-state index >= 15 is 0 Å². The molecule has 0 amide bonds. The van der Waals surface area contributed by atoms with Crippen LogP contribution in [-0.4, -0.2) is 25.0 Å². The third-order valence-corrected chi connectivity index (χ3v) is 4.99. The summed E-state index contributed by atoms with van der Waals surface area (Å²) >= 11 is 0. The first kappa shape index (κ1) is 15.0. The van der Waals surface area contributed by atoms with Crippen molar-refractivity contribution in [2.45, 2.75) is 19.4 Å². The van der Waals surface area contributed by atoms with E-state index in [1.165, 1.54) is 22.3 Å². The number of nitrogens with zero attached hydrogens (tertiary/aromatic N) is 2. The highest BCUT2D eigenvalue weighted by Crippen LogP contribution is 2.41. The summed E-state index contributed by atoms with van der Waals surface area (Å²) in [5.41, 5.74) is 7.08. The molecule has 2 heterocycles. The van der Waals surface area contributed by atoms with Gasteiger partial charge in [0, 0.05) is 18.7 Å². The summed E-state index contributed by atoms with van der Waals surface area (Å²) in [6.45, 7) is 2.73. The molecule has 0 aromatic heterocycles. The molecule has 0 unspecified atom stereocenters. The van der Waals surface area contributed by atoms with E-state index in [0.717, 1.165) is 37.2 Å². The van der Waals surface area contributed by atoms with Gasteiger partial charge in [0.25, 0.3) is 0 Å². The molecular formula is C21H20N2O. The van der Waals surface area contributed by atoms with Crippen LogP contribution in [0.5, 0.6) is 5.75 Å². The minimum absolute atomic E-state index is 0.550. The molecule has 3 nitrogen and oxygen atoms in total. The Morgan fingerprint density at radius 3 is 2.62 bits per heavy atom. The summed E-state index contributed by atoms with van der Waals surface area (Å²) in [5.74, 6) is 0.826. The molecule has 0 N–H and O–H groups in total. The SMILES string of the molecule is CN1CCC(=C2c3ccccc3COc3cc(C#N)ccc32)CC1. The number of fused-ring (bicyclic) bond motifs is 2. The number of hydrogen-bond donors (Lipinski definition) is 0. The van der Waals surface area contributed by atoms with Crippen molar-refractivity contribution in [3.63, 3.8) is 0 Å². The zero-order chi connectivity index (χ0) is 16.5. The van der Waals surface area contributed by atoms with Gasteiger partial charge >= 0.3 is 0 Å². The summed E-state index contributed by atoms with van der Waals surface area (Å²) in [4.78, 5) is 2.38. The molecule has 2 aromatic rings. The summed E-state index contributed by atoms with van der Waals surface area (Å²) < 4.78 is 6.06. The van der Waals surface area contributed by atoms with Crippen LogP contribution >= 0.6 is 0 Å². The van der Waals surface area contributed by atoms with Crippen molar-refractivity contribution in [2.24, 2.45) is 0 Å². The Balaban J connectivity index is 1.94. The zero-order valence-corrected chi connectivity index (χ0v) is 13.9. The second kappa shape index (κ2) is 6.14. The summed E-state index contributed by atoms with van der Waals surface area (Å²) in [5, 5.41) is 9.20. The Bertz CT molecular complexity index is 850. The first-order chi connectivity index (χ1) is 11.8. The van der Waals surface area contributed by atoms with Crippen LogP contribution in [0, 0.1) is 11.3 Å². The van der Waals surface area contributed by atoms with Crippen LogP contribution in [0.25, 0.3) is 5.57 Å². The van der Waals surface area contributed by atoms with E-state index in [0.29, 0.717) is 12.2 Å². The number of rotatable bonds is 0. The summed E-state index contributed by atoms with van der Waals surface area (Å²) in [7, 11) is 2.18. The van der Waals surface area contributed by atoms with Gasteiger partial charge in [0.2, 0.25) is 0 Å². The van der Waals surface area contributed by atoms with Gasteiger partial charge in [-0.3, -0.25) is 0 Å². The van der Waals surface area contributed by atoms with Crippen LogP contribution in [0.1, 0.15) is 35.1 Å². The quantitative estimate of drug-likeness (QED) is 0.737. The zero-order valence-electron chi connectivity index (χ0n) is 13.9. The highest BCUT2D eigenvalue weighted by molar-refractivity contribution is 5.87. The number of hydrogen-bond acceptors (Lipinski definition) is 3. The van der Waals surface area contributed by atoms with Gasteiger partial charge in [0.15, 0.2) is 0 Å². The minimum Gasteiger partial charge on any atom is -0.488 e. The van der Waals surface area contributed by atoms with Gasteiger partial charge in [0.1, 0.15) is 12.4 Å². The smallest absolute Gasteiger partial charge is 0.128 e. The number of ether oxygens (including phenoxy) is 1. The molecule has 0 radical (unpaired) electrons. The number of piperidine rings is 1. The van der Waals surface area contributed by atoms with Gasteiger partial charge in [-0.15, -0.1) is 0 Å². The largest absolute Gasteiger partial charge is 0.488 e. The van der Waals surface area contributed by atoms with Gasteiger partial charge in [-0.05, 0) is 54.8 Å². The van der Waals surface area contributed by atoms with Gasteiger partial charge < -0.3 is 9.64 Å². The van der Waals surface area contributed by atoms with Crippen LogP contribution in [0.2, 0.25) is 0 Å². The van der Waals surface area contributed by atoms with Crippen molar-refractivity contribution in [3.05, 3.63) is 70.3 Å². The molecule has 2 aliphatic heterocycles. The lowest BCUT2D eigenvalue weighted by Crippen LogP contribution is -2.27. The average Bonchev–Trinajstić information content (AvgIpc) is 2.79. The molecule has 0 saturated carbocycles. The lowest BCUT2D eigenvalue weighted by molar-refractivity contribution is 0.307. The van der Waals surface area contributed by atoms with Crippen LogP contribution < -0.4 is 4.74 Å². The van der Waals surface area contributed by atoms with Crippen molar-refractivity contribution in [2.75, 3.05) is 20.1 Å². The predicted molar refractivity (Wildman–Crippen MR) is 94.7 cm³/mol. The topological polar surface area (TPSA) is 36.3 Å². The standard InChI is InChI=1S/C21H20N2O/c1-23-10-8-16(9-11-23)21-18-5-3-2-4-17(18)14-24-20-12-15(13-22)6-7-19(20)21/h2-7,12H,8-11,14H2,1H3. The molecular weight excluding hydrogens is 296 g/mol. The fraction of sp³-hybridized carbons (Fsp3) is 0.286. The van der Waals surface area contributed by atoms with Gasteiger partial charge in [-0.2, -0.15) is 5.26 Å². The van der Waals surface area contributed by atoms with E-state index in [4.69, 9.17) is 4.74 Å². The predicted octanol–water partition coefficient (Wildman–Crippen LogP) is 3.98. The molecule has 1 fully saturated rings. The summed E-state index contributed by atoms with van der Waals surface area (Å²) in [6, 6.07) is 16.5. The fourth-order valence-electron chi connectivity index (χ4n) is 3.63. The van der Waals surface area contributed by atoms with Gasteiger partial charge in [0.05, 0.1) is 11.6 Å². The van der Waals surface area contributed by atoms with Gasteiger partial charge in [-0.25, -0.2) is 0 Å². The third-order valence-electron chi connectivity index (χ3n) is 4.99. The van der Waals surface area contributed by atoms with Crippen LogP contribution in [-0.2, 0) is 6.61 Å². The van der Waals surface area contributed by atoms with E-state index in [-0.39, 0.29) is 0 Å². The van der Waals surface area contributed by atoms with Crippen molar-refractivity contribution in [1.82, 2.24) is 4.90 Å². The lowest BCUT2D eigenvalue weighted by atomic mass is 9.86. The molecule has 0 aliphatic carbocycles. The first-order valence-electron chi connectivity index (χ1n) is 8.42. The van der Waals surface area contributed by atoms with E-state index in [9.17, 15) is 5.26 Å². The Labute approximate surface area is 142 Å². The Hall–Kier alpha value is -2.57. The molecule has 24 heavy (non-hydrogen) atoms. The second-order valence-corrected chi connectivity index (χ2v) is 6.55. The van der Waals surface area contributed by atoms with E-state index < -0.39 is 0 Å². The van der Waals surface area contributed by atoms with E-state index in [2.05, 4.69) is 48.3 Å². The van der Waals surface area contributed by atoms with Crippen LogP contribution in [0.15, 0.2) is 48.0 Å². The van der Waals surface area contributed by atoms with Crippen molar-refractivity contribution in [1.29, 1.82) is 5.26 Å². The molecule has 1 saturated heterocycles. The highest BCUT2D eigenvalue weighted by Gasteiger charge is 2.24. The molecule has 2 aromatic carbocycles. The van der Waals surface area contributed by atoms with Crippen molar-refractivity contribution < 1.29 is 4.74 Å². The fourth-order valence-corrected chi connectivity index (χ4v) is 3.63. The van der Waals surface area contributed by atoms with Crippen molar-refractivity contribution >= 4 is 5.57 Å².